The molecular formula is C16H22O4. The van der Waals surface area contributed by atoms with E-state index in [1.54, 1.807) is 0 Å². The van der Waals surface area contributed by atoms with Crippen molar-refractivity contribution < 1.29 is 19.3 Å². The summed E-state index contributed by atoms with van der Waals surface area (Å²) < 4.78 is 17.3. The molecular weight excluding hydrogens is 256 g/mol. The van der Waals surface area contributed by atoms with Crippen molar-refractivity contribution in [3.8, 4) is 11.5 Å². The third-order valence-electron chi connectivity index (χ3n) is 3.89. The number of rotatable bonds is 2. The second kappa shape index (κ2) is 5.26. The summed E-state index contributed by atoms with van der Waals surface area (Å²) in [7, 11) is 0. The molecule has 1 unspecified atom stereocenters. The molecule has 0 aliphatic carbocycles. The average Bonchev–Trinajstić information content (AvgIpc) is 2.38. The van der Waals surface area contributed by atoms with Gasteiger partial charge >= 0.3 is 0 Å². The highest BCUT2D eigenvalue weighted by atomic mass is 16.5. The summed E-state index contributed by atoms with van der Waals surface area (Å²) in [6, 6.07) is 5.72. The molecule has 4 heteroatoms. The van der Waals surface area contributed by atoms with Gasteiger partial charge in [-0.15, -0.1) is 0 Å². The molecule has 3 rings (SSSR count). The number of aliphatic hydroxyl groups is 1. The lowest BCUT2D eigenvalue weighted by molar-refractivity contribution is 0.0100. The Hall–Kier alpha value is -1.26. The predicted octanol–water partition coefficient (Wildman–Crippen LogP) is 2.84. The van der Waals surface area contributed by atoms with Gasteiger partial charge in [-0.1, -0.05) is 0 Å². The van der Waals surface area contributed by atoms with Crippen molar-refractivity contribution in [2.45, 2.75) is 50.9 Å². The summed E-state index contributed by atoms with van der Waals surface area (Å²) in [5, 5.41) is 10.2. The zero-order chi connectivity index (χ0) is 14.2. The molecule has 0 bridgehead atoms. The van der Waals surface area contributed by atoms with Crippen LogP contribution in [-0.2, 0) is 4.74 Å². The highest BCUT2D eigenvalue weighted by Crippen LogP contribution is 2.41. The lowest BCUT2D eigenvalue weighted by Crippen LogP contribution is -2.34. The highest BCUT2D eigenvalue weighted by Gasteiger charge is 2.33. The second-order valence-electron chi connectivity index (χ2n) is 6.21. The van der Waals surface area contributed by atoms with Gasteiger partial charge in [0.05, 0.1) is 19.3 Å². The predicted molar refractivity (Wildman–Crippen MR) is 75.2 cm³/mol. The Morgan fingerprint density at radius 2 is 2.00 bits per heavy atom. The highest BCUT2D eigenvalue weighted by molar-refractivity contribution is 5.43. The van der Waals surface area contributed by atoms with Crippen LogP contribution in [0.25, 0.3) is 0 Å². The van der Waals surface area contributed by atoms with E-state index in [0.29, 0.717) is 6.42 Å². The molecule has 1 aromatic rings. The molecule has 1 aromatic carbocycles. The van der Waals surface area contributed by atoms with Crippen LogP contribution in [0, 0.1) is 0 Å². The van der Waals surface area contributed by atoms with E-state index in [1.807, 2.05) is 32.0 Å². The Morgan fingerprint density at radius 3 is 2.75 bits per heavy atom. The first kappa shape index (κ1) is 13.7. The van der Waals surface area contributed by atoms with Crippen LogP contribution in [0.3, 0.4) is 0 Å². The van der Waals surface area contributed by atoms with E-state index >= 15 is 0 Å². The van der Waals surface area contributed by atoms with Crippen LogP contribution in [0.4, 0.5) is 0 Å². The van der Waals surface area contributed by atoms with E-state index in [0.717, 1.165) is 43.1 Å². The van der Waals surface area contributed by atoms with Crippen LogP contribution in [0.1, 0.15) is 44.8 Å². The Morgan fingerprint density at radius 1 is 1.25 bits per heavy atom. The minimum Gasteiger partial charge on any atom is -0.490 e. The smallest absolute Gasteiger partial charge is 0.129 e. The minimum atomic E-state index is -0.467. The maximum Gasteiger partial charge on any atom is 0.129 e. The van der Waals surface area contributed by atoms with Gasteiger partial charge in [-0.2, -0.15) is 0 Å². The molecule has 0 amide bonds. The van der Waals surface area contributed by atoms with Crippen LogP contribution < -0.4 is 9.47 Å². The zero-order valence-corrected chi connectivity index (χ0v) is 12.1. The minimum absolute atomic E-state index is 0.211. The molecule has 20 heavy (non-hydrogen) atoms. The van der Waals surface area contributed by atoms with E-state index in [1.165, 1.54) is 0 Å². The van der Waals surface area contributed by atoms with Gasteiger partial charge in [0.25, 0.3) is 0 Å². The van der Waals surface area contributed by atoms with Crippen molar-refractivity contribution in [1.82, 2.24) is 0 Å². The lowest BCUT2D eigenvalue weighted by atomic mass is 9.92. The number of fused-ring (bicyclic) bond motifs is 1. The Labute approximate surface area is 119 Å². The van der Waals surface area contributed by atoms with Gasteiger partial charge in [-0.25, -0.2) is 0 Å². The quantitative estimate of drug-likeness (QED) is 0.903. The van der Waals surface area contributed by atoms with Crippen LogP contribution in [-0.4, -0.2) is 30.0 Å². The Balaban J connectivity index is 1.78. The summed E-state index contributed by atoms with van der Waals surface area (Å²) in [4.78, 5) is 0. The summed E-state index contributed by atoms with van der Waals surface area (Å²) >= 11 is 0. The molecule has 1 atom stereocenters. The van der Waals surface area contributed by atoms with Gasteiger partial charge in [0.15, 0.2) is 0 Å². The molecule has 1 saturated heterocycles. The van der Waals surface area contributed by atoms with E-state index in [9.17, 15) is 5.11 Å². The molecule has 2 aliphatic heterocycles. The molecule has 0 spiro atoms. The number of ether oxygens (including phenoxy) is 3. The molecule has 2 aliphatic rings. The zero-order valence-electron chi connectivity index (χ0n) is 12.1. The van der Waals surface area contributed by atoms with Crippen molar-refractivity contribution >= 4 is 0 Å². The molecule has 0 radical (unpaired) electrons. The fourth-order valence-corrected chi connectivity index (χ4v) is 2.85. The van der Waals surface area contributed by atoms with E-state index in [2.05, 4.69) is 0 Å². The summed E-state index contributed by atoms with van der Waals surface area (Å²) in [5.74, 6) is 1.54. The number of aliphatic hydroxyl groups excluding tert-OH is 1. The topological polar surface area (TPSA) is 47.9 Å². The summed E-state index contributed by atoms with van der Waals surface area (Å²) in [6.45, 7) is 5.51. The summed E-state index contributed by atoms with van der Waals surface area (Å²) in [5.41, 5.74) is 0.507. The number of hydrogen-bond donors (Lipinski definition) is 1. The van der Waals surface area contributed by atoms with Crippen LogP contribution in [0.15, 0.2) is 18.2 Å². The second-order valence-corrected chi connectivity index (χ2v) is 6.21. The largest absolute Gasteiger partial charge is 0.490 e. The maximum absolute atomic E-state index is 10.2. The van der Waals surface area contributed by atoms with Crippen LogP contribution >= 0.6 is 0 Å². The van der Waals surface area contributed by atoms with Gasteiger partial charge in [0.2, 0.25) is 0 Å². The van der Waals surface area contributed by atoms with E-state index in [-0.39, 0.29) is 11.7 Å². The first-order valence-corrected chi connectivity index (χ1v) is 7.29. The normalized spacial score (nSPS) is 25.6. The lowest BCUT2D eigenvalue weighted by Gasteiger charge is -2.35. The monoisotopic (exact) mass is 278 g/mol. The molecule has 4 nitrogen and oxygen atoms in total. The maximum atomic E-state index is 10.2. The Kier molecular flexibility index (Phi) is 3.61. The SMILES string of the molecule is CC1(C)CC(O)c2ccc(OC3CCOCC3)cc2O1. The molecule has 0 aromatic heterocycles. The molecule has 1 N–H and O–H groups in total. The third kappa shape index (κ3) is 2.91. The van der Waals surface area contributed by atoms with Crippen molar-refractivity contribution in [2.75, 3.05) is 13.2 Å². The van der Waals surface area contributed by atoms with Crippen molar-refractivity contribution in [3.63, 3.8) is 0 Å². The van der Waals surface area contributed by atoms with Crippen molar-refractivity contribution in [1.29, 1.82) is 0 Å². The van der Waals surface area contributed by atoms with Gasteiger partial charge in [-0.3, -0.25) is 0 Å². The van der Waals surface area contributed by atoms with Crippen molar-refractivity contribution in [2.24, 2.45) is 0 Å². The molecule has 0 saturated carbocycles. The number of hydrogen-bond acceptors (Lipinski definition) is 4. The van der Waals surface area contributed by atoms with E-state index in [4.69, 9.17) is 14.2 Å². The van der Waals surface area contributed by atoms with Gasteiger partial charge in [0, 0.05) is 30.9 Å². The first-order valence-electron chi connectivity index (χ1n) is 7.29. The first-order chi connectivity index (χ1) is 9.53. The standard InChI is InChI=1S/C16H22O4/c1-16(2)10-14(17)13-4-3-12(9-15(13)20-16)19-11-5-7-18-8-6-11/h3-4,9,11,14,17H,5-8,10H2,1-2H3. The fraction of sp³-hybridized carbons (Fsp3) is 0.625. The average molecular weight is 278 g/mol. The van der Waals surface area contributed by atoms with E-state index < -0.39 is 6.10 Å². The molecule has 110 valence electrons. The van der Waals surface area contributed by atoms with Gasteiger partial charge < -0.3 is 19.3 Å². The third-order valence-corrected chi connectivity index (χ3v) is 3.89. The van der Waals surface area contributed by atoms with Crippen LogP contribution in [0.2, 0.25) is 0 Å². The number of benzene rings is 1. The van der Waals surface area contributed by atoms with Crippen LogP contribution in [0.5, 0.6) is 11.5 Å². The molecule has 2 heterocycles. The fourth-order valence-electron chi connectivity index (χ4n) is 2.85. The van der Waals surface area contributed by atoms with Gasteiger partial charge in [0.1, 0.15) is 23.2 Å². The summed E-state index contributed by atoms with van der Waals surface area (Å²) in [6.07, 6.45) is 2.20. The molecule has 1 fully saturated rings. The van der Waals surface area contributed by atoms with Crippen molar-refractivity contribution in [3.05, 3.63) is 23.8 Å². The Bertz CT molecular complexity index is 477. The van der Waals surface area contributed by atoms with Gasteiger partial charge in [-0.05, 0) is 26.0 Å².